The minimum Gasteiger partial charge on any atom is -0.507 e. The summed E-state index contributed by atoms with van der Waals surface area (Å²) in [5.74, 6) is -1.75. The van der Waals surface area contributed by atoms with Crippen LogP contribution in [0.4, 0.5) is 5.69 Å². The first-order valence-electron chi connectivity index (χ1n) is 9.76. The van der Waals surface area contributed by atoms with Crippen molar-refractivity contribution in [1.82, 2.24) is 0 Å². The number of rotatable bonds is 4. The van der Waals surface area contributed by atoms with E-state index in [4.69, 9.17) is 9.52 Å². The maximum absolute atomic E-state index is 12.6. The Morgan fingerprint density at radius 2 is 1.66 bits per heavy atom. The van der Waals surface area contributed by atoms with Gasteiger partial charge in [0.2, 0.25) is 0 Å². The topological polar surface area (TPSA) is 117 Å². The number of aryl methyl sites for hydroxylation is 2. The maximum Gasteiger partial charge on any atom is 0.339 e. The average Bonchev–Trinajstić information content (AvgIpc) is 2.75. The number of carbonyl (C=O) groups is 2. The van der Waals surface area contributed by atoms with E-state index >= 15 is 0 Å². The van der Waals surface area contributed by atoms with Gasteiger partial charge in [0.1, 0.15) is 22.7 Å². The predicted molar refractivity (Wildman–Crippen MR) is 120 cm³/mol. The third-order valence-corrected chi connectivity index (χ3v) is 5.08. The standard InChI is InChI=1S/C25H19NO6/c1-13-9-14(2)23-18(10-13)21(28)12-22(32-23)15-3-5-16(6-4-15)24(29)26-17-7-8-20(27)19(11-17)25(30)31/h3-12,27H,1-2H3,(H,26,29)(H,30,31). The van der Waals surface area contributed by atoms with Gasteiger partial charge in [-0.15, -0.1) is 0 Å². The highest BCUT2D eigenvalue weighted by Gasteiger charge is 2.14. The molecule has 1 amide bonds. The van der Waals surface area contributed by atoms with Crippen LogP contribution < -0.4 is 10.7 Å². The largest absolute Gasteiger partial charge is 0.507 e. The number of benzene rings is 3. The lowest BCUT2D eigenvalue weighted by Crippen LogP contribution is -2.12. The lowest BCUT2D eigenvalue weighted by molar-refractivity contribution is 0.0693. The van der Waals surface area contributed by atoms with Gasteiger partial charge in [-0.25, -0.2) is 4.79 Å². The maximum atomic E-state index is 12.6. The summed E-state index contributed by atoms with van der Waals surface area (Å²) in [7, 11) is 0. The van der Waals surface area contributed by atoms with E-state index < -0.39 is 11.9 Å². The minimum absolute atomic E-state index is 0.142. The highest BCUT2D eigenvalue weighted by Crippen LogP contribution is 2.26. The second-order valence-corrected chi connectivity index (χ2v) is 7.50. The Hall–Kier alpha value is -4.39. The molecular formula is C25H19NO6. The number of amides is 1. The monoisotopic (exact) mass is 429 g/mol. The highest BCUT2D eigenvalue weighted by atomic mass is 16.4. The Bertz CT molecular complexity index is 1430. The van der Waals surface area contributed by atoms with Gasteiger partial charge in [0.25, 0.3) is 5.91 Å². The zero-order valence-corrected chi connectivity index (χ0v) is 17.3. The molecule has 160 valence electrons. The normalized spacial score (nSPS) is 10.8. The van der Waals surface area contributed by atoms with Crippen LogP contribution in [0.25, 0.3) is 22.3 Å². The molecule has 0 bridgehead atoms. The summed E-state index contributed by atoms with van der Waals surface area (Å²) in [4.78, 5) is 36.3. The van der Waals surface area contributed by atoms with Crippen LogP contribution in [0.3, 0.4) is 0 Å². The number of anilines is 1. The summed E-state index contributed by atoms with van der Waals surface area (Å²) in [6.07, 6.45) is 0. The molecule has 0 aliphatic rings. The number of hydrogen-bond acceptors (Lipinski definition) is 5. The number of aromatic carboxylic acids is 1. The number of carbonyl (C=O) groups excluding carboxylic acids is 1. The fourth-order valence-corrected chi connectivity index (χ4v) is 3.53. The van der Waals surface area contributed by atoms with Gasteiger partial charge in [-0.2, -0.15) is 0 Å². The summed E-state index contributed by atoms with van der Waals surface area (Å²) < 4.78 is 5.98. The fourth-order valence-electron chi connectivity index (χ4n) is 3.53. The average molecular weight is 429 g/mol. The first-order chi connectivity index (χ1) is 15.2. The second-order valence-electron chi connectivity index (χ2n) is 7.50. The number of fused-ring (bicyclic) bond motifs is 1. The van der Waals surface area contributed by atoms with E-state index in [-0.39, 0.29) is 22.4 Å². The number of carboxylic acid groups (broad SMARTS) is 1. The van der Waals surface area contributed by atoms with Gasteiger partial charge in [0.05, 0.1) is 5.39 Å². The number of hydrogen-bond donors (Lipinski definition) is 3. The molecule has 0 unspecified atom stereocenters. The lowest BCUT2D eigenvalue weighted by atomic mass is 10.1. The molecule has 0 spiro atoms. The van der Waals surface area contributed by atoms with E-state index in [2.05, 4.69) is 5.32 Å². The van der Waals surface area contributed by atoms with Crippen molar-refractivity contribution < 1.29 is 24.2 Å². The van der Waals surface area contributed by atoms with Crippen LogP contribution in [0.1, 0.15) is 31.8 Å². The SMILES string of the molecule is Cc1cc(C)c2oc(-c3ccc(C(=O)Nc4ccc(O)c(C(=O)O)c4)cc3)cc(=O)c2c1. The Kier molecular flexibility index (Phi) is 5.24. The van der Waals surface area contributed by atoms with Gasteiger partial charge in [0, 0.05) is 22.9 Å². The Morgan fingerprint density at radius 3 is 2.34 bits per heavy atom. The van der Waals surface area contributed by atoms with Gasteiger partial charge >= 0.3 is 5.97 Å². The van der Waals surface area contributed by atoms with Crippen LogP contribution in [-0.2, 0) is 0 Å². The first-order valence-corrected chi connectivity index (χ1v) is 9.76. The Morgan fingerprint density at radius 1 is 0.938 bits per heavy atom. The van der Waals surface area contributed by atoms with Crippen molar-refractivity contribution >= 4 is 28.5 Å². The molecule has 7 nitrogen and oxygen atoms in total. The molecule has 4 rings (SSSR count). The molecule has 0 aliphatic carbocycles. The number of nitrogens with one attached hydrogen (secondary N) is 1. The van der Waals surface area contributed by atoms with E-state index in [1.54, 1.807) is 30.3 Å². The second kappa shape index (κ2) is 8.03. The zero-order chi connectivity index (χ0) is 23.0. The molecule has 0 aliphatic heterocycles. The Balaban J connectivity index is 1.61. The highest BCUT2D eigenvalue weighted by molar-refractivity contribution is 6.05. The molecule has 3 aromatic carbocycles. The molecule has 1 heterocycles. The van der Waals surface area contributed by atoms with E-state index in [0.29, 0.717) is 27.9 Å². The third kappa shape index (κ3) is 3.96. The lowest BCUT2D eigenvalue weighted by Gasteiger charge is -2.09. The molecule has 32 heavy (non-hydrogen) atoms. The summed E-state index contributed by atoms with van der Waals surface area (Å²) >= 11 is 0. The van der Waals surface area contributed by atoms with Crippen molar-refractivity contribution in [2.24, 2.45) is 0 Å². The third-order valence-electron chi connectivity index (χ3n) is 5.08. The van der Waals surface area contributed by atoms with Gasteiger partial charge in [0.15, 0.2) is 5.43 Å². The number of phenols is 1. The minimum atomic E-state index is -1.30. The van der Waals surface area contributed by atoms with Crippen molar-refractivity contribution in [3.63, 3.8) is 0 Å². The van der Waals surface area contributed by atoms with E-state index in [0.717, 1.165) is 11.1 Å². The predicted octanol–water partition coefficient (Wildman–Crippen LogP) is 4.73. The van der Waals surface area contributed by atoms with Gasteiger partial charge in [-0.3, -0.25) is 9.59 Å². The van der Waals surface area contributed by atoms with Gasteiger partial charge in [-0.05, 0) is 61.4 Å². The first kappa shape index (κ1) is 20.9. The summed E-state index contributed by atoms with van der Waals surface area (Å²) in [5, 5.41) is 21.8. The van der Waals surface area contributed by atoms with E-state index in [1.807, 2.05) is 19.9 Å². The zero-order valence-electron chi connectivity index (χ0n) is 17.3. The summed E-state index contributed by atoms with van der Waals surface area (Å²) in [6, 6.07) is 15.5. The smallest absolute Gasteiger partial charge is 0.339 e. The van der Waals surface area contributed by atoms with Crippen molar-refractivity contribution in [2.45, 2.75) is 13.8 Å². The van der Waals surface area contributed by atoms with Crippen LogP contribution in [0.15, 0.2) is 69.9 Å². The molecular weight excluding hydrogens is 410 g/mol. The number of carboxylic acids is 1. The van der Waals surface area contributed by atoms with E-state index in [1.165, 1.54) is 24.3 Å². The van der Waals surface area contributed by atoms with Crippen LogP contribution in [0.2, 0.25) is 0 Å². The van der Waals surface area contributed by atoms with Crippen LogP contribution in [0, 0.1) is 13.8 Å². The summed E-state index contributed by atoms with van der Waals surface area (Å²) in [5.41, 5.74) is 3.12. The molecule has 0 saturated carbocycles. The van der Waals surface area contributed by atoms with Crippen LogP contribution in [0.5, 0.6) is 5.75 Å². The molecule has 1 aromatic heterocycles. The quantitative estimate of drug-likeness (QED) is 0.404. The summed E-state index contributed by atoms with van der Waals surface area (Å²) in [6.45, 7) is 3.80. The molecule has 3 N–H and O–H groups in total. The molecule has 4 aromatic rings. The van der Waals surface area contributed by atoms with Gasteiger partial charge in [-0.1, -0.05) is 18.2 Å². The Labute approximate surface area is 182 Å². The number of aromatic hydroxyl groups is 1. The van der Waals surface area contributed by atoms with Gasteiger partial charge < -0.3 is 19.9 Å². The molecule has 0 radical (unpaired) electrons. The van der Waals surface area contributed by atoms with E-state index in [9.17, 15) is 19.5 Å². The molecule has 0 atom stereocenters. The van der Waals surface area contributed by atoms with Crippen molar-refractivity contribution in [3.05, 3.63) is 93.1 Å². The molecule has 0 fully saturated rings. The van der Waals surface area contributed by atoms with Crippen molar-refractivity contribution in [2.75, 3.05) is 5.32 Å². The molecule has 7 heteroatoms. The van der Waals surface area contributed by atoms with Crippen LogP contribution in [-0.4, -0.2) is 22.1 Å². The van der Waals surface area contributed by atoms with Crippen molar-refractivity contribution in [1.29, 1.82) is 0 Å². The van der Waals surface area contributed by atoms with Crippen molar-refractivity contribution in [3.8, 4) is 17.1 Å². The molecule has 0 saturated heterocycles. The van der Waals surface area contributed by atoms with Crippen LogP contribution >= 0.6 is 0 Å². The fraction of sp³-hybridized carbons (Fsp3) is 0.0800.